The maximum absolute atomic E-state index is 10.8. The van der Waals surface area contributed by atoms with Gasteiger partial charge in [0.25, 0.3) is 0 Å². The summed E-state index contributed by atoms with van der Waals surface area (Å²) >= 11 is 1.47. The molecule has 0 aromatic heterocycles. The summed E-state index contributed by atoms with van der Waals surface area (Å²) in [4.78, 5) is 12.6. The second-order valence-electron chi connectivity index (χ2n) is 3.91. The van der Waals surface area contributed by atoms with Crippen molar-refractivity contribution in [3.63, 3.8) is 0 Å². The zero-order valence-corrected chi connectivity index (χ0v) is 11.5. The van der Waals surface area contributed by atoms with E-state index < -0.39 is 5.97 Å². The fourth-order valence-electron chi connectivity index (χ4n) is 1.63. The lowest BCUT2D eigenvalue weighted by Crippen LogP contribution is -1.94. The molecular formula is C15H11NO3S. The van der Waals surface area contributed by atoms with Crippen molar-refractivity contribution in [2.45, 2.75) is 9.79 Å². The minimum absolute atomic E-state index is 0.256. The van der Waals surface area contributed by atoms with Crippen molar-refractivity contribution in [2.75, 3.05) is 7.11 Å². The number of benzene rings is 2. The van der Waals surface area contributed by atoms with E-state index >= 15 is 0 Å². The quantitative estimate of drug-likeness (QED) is 0.932. The highest BCUT2D eigenvalue weighted by atomic mass is 32.2. The first-order valence-electron chi connectivity index (χ1n) is 5.73. The zero-order chi connectivity index (χ0) is 14.5. The van der Waals surface area contributed by atoms with Crippen LogP contribution in [-0.4, -0.2) is 18.2 Å². The van der Waals surface area contributed by atoms with E-state index in [0.717, 1.165) is 9.79 Å². The molecule has 4 nitrogen and oxygen atoms in total. The molecule has 0 spiro atoms. The average Bonchev–Trinajstić information content (AvgIpc) is 2.47. The number of hydrogen-bond donors (Lipinski definition) is 1. The molecule has 0 aliphatic carbocycles. The van der Waals surface area contributed by atoms with Crippen LogP contribution in [-0.2, 0) is 0 Å². The van der Waals surface area contributed by atoms with Crippen molar-refractivity contribution in [2.24, 2.45) is 0 Å². The van der Waals surface area contributed by atoms with Gasteiger partial charge < -0.3 is 9.84 Å². The van der Waals surface area contributed by atoms with Gasteiger partial charge in [-0.05, 0) is 42.5 Å². The van der Waals surface area contributed by atoms with Gasteiger partial charge in [-0.15, -0.1) is 0 Å². The molecule has 0 atom stereocenters. The van der Waals surface area contributed by atoms with E-state index in [4.69, 9.17) is 15.1 Å². The second-order valence-corrected chi connectivity index (χ2v) is 5.05. The molecule has 20 heavy (non-hydrogen) atoms. The third kappa shape index (κ3) is 3.11. The molecule has 100 valence electrons. The Labute approximate surface area is 120 Å². The summed E-state index contributed by atoms with van der Waals surface area (Å²) < 4.78 is 5.15. The van der Waals surface area contributed by atoms with Crippen LogP contribution in [0.25, 0.3) is 0 Å². The van der Waals surface area contributed by atoms with Crippen LogP contribution in [0.5, 0.6) is 5.75 Å². The van der Waals surface area contributed by atoms with Gasteiger partial charge in [0, 0.05) is 9.79 Å². The lowest BCUT2D eigenvalue weighted by molar-refractivity contribution is 0.0697. The minimum Gasteiger partial charge on any atom is -0.495 e. The van der Waals surface area contributed by atoms with Gasteiger partial charge in [-0.3, -0.25) is 0 Å². The zero-order valence-electron chi connectivity index (χ0n) is 10.7. The molecule has 0 radical (unpaired) electrons. The standard InChI is InChI=1S/C15H11NO3S/c1-19-14-8-13(7-4-11(14)9-16)20-12-5-2-10(3-6-12)15(17)18/h2-8H,1H3,(H,17,18). The largest absolute Gasteiger partial charge is 0.495 e. The molecule has 2 aromatic carbocycles. The van der Waals surface area contributed by atoms with Crippen molar-refractivity contribution in [1.82, 2.24) is 0 Å². The van der Waals surface area contributed by atoms with Gasteiger partial charge in [-0.2, -0.15) is 5.26 Å². The Bertz CT molecular complexity index is 675. The lowest BCUT2D eigenvalue weighted by Gasteiger charge is -2.06. The van der Waals surface area contributed by atoms with Gasteiger partial charge in [0.15, 0.2) is 0 Å². The molecule has 2 aromatic rings. The Morgan fingerprint density at radius 3 is 2.40 bits per heavy atom. The average molecular weight is 285 g/mol. The first-order chi connectivity index (χ1) is 9.63. The van der Waals surface area contributed by atoms with Gasteiger partial charge in [-0.1, -0.05) is 11.8 Å². The molecule has 1 N–H and O–H groups in total. The Morgan fingerprint density at radius 2 is 1.85 bits per heavy atom. The number of methoxy groups -OCH3 is 1. The van der Waals surface area contributed by atoms with Crippen molar-refractivity contribution >= 4 is 17.7 Å². The van der Waals surface area contributed by atoms with Crippen LogP contribution < -0.4 is 4.74 Å². The van der Waals surface area contributed by atoms with E-state index in [-0.39, 0.29) is 5.56 Å². The molecule has 0 saturated heterocycles. The number of carboxylic acid groups (broad SMARTS) is 1. The second kappa shape index (κ2) is 6.13. The van der Waals surface area contributed by atoms with Gasteiger partial charge in [0.05, 0.1) is 18.2 Å². The summed E-state index contributed by atoms with van der Waals surface area (Å²) in [6.45, 7) is 0. The molecule has 0 aliphatic rings. The molecule has 0 unspecified atom stereocenters. The summed E-state index contributed by atoms with van der Waals surface area (Å²) in [6, 6.07) is 14.0. The third-order valence-corrected chi connectivity index (χ3v) is 3.63. The van der Waals surface area contributed by atoms with Gasteiger partial charge in [0.1, 0.15) is 11.8 Å². The Kier molecular flexibility index (Phi) is 4.28. The highest BCUT2D eigenvalue weighted by Crippen LogP contribution is 2.31. The maximum atomic E-state index is 10.8. The first kappa shape index (κ1) is 14.0. The molecule has 0 amide bonds. The summed E-state index contributed by atoms with van der Waals surface area (Å²) in [7, 11) is 1.52. The van der Waals surface area contributed by atoms with Crippen LogP contribution in [0.2, 0.25) is 0 Å². The molecule has 0 bridgehead atoms. The summed E-state index contributed by atoms with van der Waals surface area (Å²) in [5, 5.41) is 17.8. The van der Waals surface area contributed by atoms with Gasteiger partial charge >= 0.3 is 5.97 Å². The summed E-state index contributed by atoms with van der Waals surface area (Å²) in [5.74, 6) is -0.416. The van der Waals surface area contributed by atoms with Gasteiger partial charge in [-0.25, -0.2) is 4.79 Å². The topological polar surface area (TPSA) is 70.3 Å². The molecular weight excluding hydrogens is 274 g/mol. The van der Waals surface area contributed by atoms with Crippen molar-refractivity contribution < 1.29 is 14.6 Å². The van der Waals surface area contributed by atoms with Crippen molar-refractivity contribution in [3.8, 4) is 11.8 Å². The van der Waals surface area contributed by atoms with Crippen LogP contribution in [0, 0.1) is 11.3 Å². The monoisotopic (exact) mass is 285 g/mol. The number of carboxylic acids is 1. The number of aromatic carboxylic acids is 1. The summed E-state index contributed by atoms with van der Waals surface area (Å²) in [6.07, 6.45) is 0. The van der Waals surface area contributed by atoms with E-state index in [2.05, 4.69) is 6.07 Å². The molecule has 0 aliphatic heterocycles. The number of nitriles is 1. The third-order valence-electron chi connectivity index (χ3n) is 2.63. The highest BCUT2D eigenvalue weighted by Gasteiger charge is 2.06. The highest BCUT2D eigenvalue weighted by molar-refractivity contribution is 7.99. The smallest absolute Gasteiger partial charge is 0.335 e. The Hall–Kier alpha value is -2.45. The lowest BCUT2D eigenvalue weighted by atomic mass is 10.2. The molecule has 0 heterocycles. The fraction of sp³-hybridized carbons (Fsp3) is 0.0667. The maximum Gasteiger partial charge on any atom is 0.335 e. The summed E-state index contributed by atoms with van der Waals surface area (Å²) in [5.41, 5.74) is 0.741. The predicted octanol–water partition coefficient (Wildman–Crippen LogP) is 3.42. The molecule has 2 rings (SSSR count). The predicted molar refractivity (Wildman–Crippen MR) is 75.2 cm³/mol. The number of ether oxygens (including phenoxy) is 1. The molecule has 0 saturated carbocycles. The van der Waals surface area contributed by atoms with Gasteiger partial charge in [0.2, 0.25) is 0 Å². The van der Waals surface area contributed by atoms with E-state index in [1.165, 1.54) is 18.9 Å². The van der Waals surface area contributed by atoms with Crippen molar-refractivity contribution in [3.05, 3.63) is 53.6 Å². The Morgan fingerprint density at radius 1 is 1.20 bits per heavy atom. The van der Waals surface area contributed by atoms with E-state index in [0.29, 0.717) is 11.3 Å². The SMILES string of the molecule is COc1cc(Sc2ccc(C(=O)O)cc2)ccc1C#N. The van der Waals surface area contributed by atoms with Crippen LogP contribution in [0.1, 0.15) is 15.9 Å². The van der Waals surface area contributed by atoms with Crippen LogP contribution in [0.3, 0.4) is 0 Å². The minimum atomic E-state index is -0.943. The normalized spacial score (nSPS) is 9.80. The number of nitrogens with zero attached hydrogens (tertiary/aromatic N) is 1. The van der Waals surface area contributed by atoms with E-state index in [9.17, 15) is 4.79 Å². The fourth-order valence-corrected chi connectivity index (χ4v) is 2.48. The Balaban J connectivity index is 2.22. The van der Waals surface area contributed by atoms with E-state index in [1.807, 2.05) is 6.07 Å². The van der Waals surface area contributed by atoms with Crippen molar-refractivity contribution in [1.29, 1.82) is 5.26 Å². The first-order valence-corrected chi connectivity index (χ1v) is 6.55. The number of rotatable bonds is 4. The number of carbonyl (C=O) groups is 1. The number of hydrogen-bond acceptors (Lipinski definition) is 4. The van der Waals surface area contributed by atoms with E-state index in [1.54, 1.807) is 36.4 Å². The van der Waals surface area contributed by atoms with Crippen LogP contribution in [0.4, 0.5) is 0 Å². The van der Waals surface area contributed by atoms with Crippen LogP contribution >= 0.6 is 11.8 Å². The molecule has 5 heteroatoms. The van der Waals surface area contributed by atoms with Crippen LogP contribution in [0.15, 0.2) is 52.3 Å². The molecule has 0 fully saturated rings.